The first-order valence-electron chi connectivity index (χ1n) is 10.3. The lowest BCUT2D eigenvalue weighted by molar-refractivity contribution is -0.140. The monoisotopic (exact) mass is 511 g/mol. The van der Waals surface area contributed by atoms with E-state index in [1.165, 1.54) is 26.2 Å². The van der Waals surface area contributed by atoms with Gasteiger partial charge in [0, 0.05) is 29.4 Å². The number of halogens is 5. The van der Waals surface area contributed by atoms with Crippen LogP contribution in [0.4, 0.5) is 22.0 Å². The first kappa shape index (κ1) is 24.8. The van der Waals surface area contributed by atoms with Gasteiger partial charge in [-0.1, -0.05) is 6.07 Å². The summed E-state index contributed by atoms with van der Waals surface area (Å²) in [7, 11) is 1.32. The molecule has 0 radical (unpaired) electrons. The van der Waals surface area contributed by atoms with Gasteiger partial charge in [-0.3, -0.25) is 9.36 Å². The van der Waals surface area contributed by atoms with Gasteiger partial charge in [0.05, 0.1) is 23.3 Å². The Bertz CT molecular complexity index is 1400. The largest absolute Gasteiger partial charge is 0.497 e. The van der Waals surface area contributed by atoms with E-state index in [4.69, 9.17) is 4.74 Å². The molecular weight excluding hydrogens is 493 g/mol. The van der Waals surface area contributed by atoms with Gasteiger partial charge in [0.15, 0.2) is 0 Å². The van der Waals surface area contributed by atoms with E-state index in [-0.39, 0.29) is 38.8 Å². The molecule has 1 unspecified atom stereocenters. The number of carboxylic acid groups (broad SMARTS) is 1. The smallest absolute Gasteiger partial charge is 0.416 e. The van der Waals surface area contributed by atoms with Crippen LogP contribution in [0.5, 0.6) is 5.75 Å². The van der Waals surface area contributed by atoms with Gasteiger partial charge in [-0.05, 0) is 42.3 Å². The van der Waals surface area contributed by atoms with Crippen LogP contribution in [0.25, 0.3) is 11.1 Å². The van der Waals surface area contributed by atoms with Crippen LogP contribution in [0.1, 0.15) is 28.3 Å². The maximum atomic E-state index is 15.0. The molecule has 1 aliphatic rings. The second-order valence-electron chi connectivity index (χ2n) is 7.91. The van der Waals surface area contributed by atoms with Crippen molar-refractivity contribution in [1.82, 2.24) is 4.57 Å². The highest BCUT2D eigenvalue weighted by Crippen LogP contribution is 2.42. The fourth-order valence-corrected chi connectivity index (χ4v) is 5.57. The number of aromatic nitrogens is 1. The molecule has 4 rings (SSSR count). The van der Waals surface area contributed by atoms with Gasteiger partial charge in [-0.15, -0.1) is 11.8 Å². The first-order chi connectivity index (χ1) is 16.5. The number of carbonyl (C=O) groups is 1. The lowest BCUT2D eigenvalue weighted by Gasteiger charge is -2.21. The summed E-state index contributed by atoms with van der Waals surface area (Å²) < 4.78 is 76.5. The molecule has 184 valence electrons. The van der Waals surface area contributed by atoms with Crippen molar-refractivity contribution in [2.24, 2.45) is 0 Å². The van der Waals surface area contributed by atoms with Gasteiger partial charge >= 0.3 is 12.1 Å². The minimum atomic E-state index is -4.85. The molecule has 0 spiro atoms. The van der Waals surface area contributed by atoms with Gasteiger partial charge in [0.25, 0.3) is 5.56 Å². The van der Waals surface area contributed by atoms with Crippen LogP contribution in [-0.2, 0) is 17.4 Å². The Morgan fingerprint density at radius 1 is 1.17 bits per heavy atom. The predicted octanol–water partition coefficient (Wildman–Crippen LogP) is 5.45. The number of methoxy groups -OCH3 is 1. The Morgan fingerprint density at radius 2 is 1.89 bits per heavy atom. The summed E-state index contributed by atoms with van der Waals surface area (Å²) in [5.74, 6) is -3.15. The van der Waals surface area contributed by atoms with Gasteiger partial charge in [-0.2, -0.15) is 13.2 Å². The molecule has 35 heavy (non-hydrogen) atoms. The number of alkyl halides is 3. The second kappa shape index (κ2) is 9.03. The van der Waals surface area contributed by atoms with E-state index >= 15 is 0 Å². The highest BCUT2D eigenvalue weighted by atomic mass is 32.2. The van der Waals surface area contributed by atoms with Crippen molar-refractivity contribution < 1.29 is 36.6 Å². The van der Waals surface area contributed by atoms with Crippen LogP contribution in [0.2, 0.25) is 0 Å². The molecule has 0 fully saturated rings. The molecule has 0 aliphatic carbocycles. The number of rotatable bonds is 5. The standard InChI is InChI=1S/C24H18F5NO4S/c1-11-14(9-15-16(24(27,28)29)4-3-5-17(15)25)22-30(19(10-35-22)23(32)33)21(31)20(11)13-7-6-12(34-2)8-18(13)26/h3-8,19H,9-10H2,1-2H3,(H,32,33). The third-order valence-corrected chi connectivity index (χ3v) is 7.13. The van der Waals surface area contributed by atoms with E-state index < -0.39 is 52.9 Å². The summed E-state index contributed by atoms with van der Waals surface area (Å²) in [4.78, 5) is 25.3. The highest BCUT2D eigenvalue weighted by molar-refractivity contribution is 7.99. The highest BCUT2D eigenvalue weighted by Gasteiger charge is 2.38. The number of hydrogen-bond acceptors (Lipinski definition) is 4. The van der Waals surface area contributed by atoms with E-state index in [9.17, 15) is 36.6 Å². The molecule has 0 bridgehead atoms. The van der Waals surface area contributed by atoms with Crippen LogP contribution < -0.4 is 10.3 Å². The molecule has 1 N–H and O–H groups in total. The summed E-state index contributed by atoms with van der Waals surface area (Å²) in [6.07, 6.45) is -5.42. The Balaban J connectivity index is 2.03. The third-order valence-electron chi connectivity index (χ3n) is 5.94. The number of nitrogens with zero attached hydrogens (tertiary/aromatic N) is 1. The molecule has 3 aromatic rings. The van der Waals surface area contributed by atoms with Crippen LogP contribution in [0, 0.1) is 18.6 Å². The van der Waals surface area contributed by atoms with Crippen LogP contribution in [0.15, 0.2) is 46.2 Å². The first-order valence-corrected chi connectivity index (χ1v) is 11.3. The molecule has 11 heteroatoms. The van der Waals surface area contributed by atoms with Crippen LogP contribution in [-0.4, -0.2) is 28.5 Å². The topological polar surface area (TPSA) is 68.5 Å². The van der Waals surface area contributed by atoms with Crippen molar-refractivity contribution in [1.29, 1.82) is 0 Å². The quantitative estimate of drug-likeness (QED) is 0.462. The van der Waals surface area contributed by atoms with Crippen molar-refractivity contribution in [2.75, 3.05) is 12.9 Å². The summed E-state index contributed by atoms with van der Waals surface area (Å²) in [5, 5.41) is 9.76. The molecular formula is C24H18F5NO4S. The molecule has 2 aromatic carbocycles. The van der Waals surface area contributed by atoms with Gasteiger partial charge in [0.2, 0.25) is 0 Å². The number of carboxylic acids is 1. The van der Waals surface area contributed by atoms with Crippen molar-refractivity contribution in [3.8, 4) is 16.9 Å². The number of hydrogen-bond donors (Lipinski definition) is 1. The molecule has 2 heterocycles. The molecule has 0 amide bonds. The van der Waals surface area contributed by atoms with E-state index in [1.807, 2.05) is 0 Å². The van der Waals surface area contributed by atoms with E-state index in [1.54, 1.807) is 0 Å². The Hall–Kier alpha value is -3.34. The zero-order valence-electron chi connectivity index (χ0n) is 18.4. The van der Waals surface area contributed by atoms with Crippen LogP contribution in [0.3, 0.4) is 0 Å². The Kier molecular flexibility index (Phi) is 6.39. The Labute approximate surface area is 200 Å². The summed E-state index contributed by atoms with van der Waals surface area (Å²) in [6.45, 7) is 1.43. The fraction of sp³-hybridized carbons (Fsp3) is 0.250. The summed E-state index contributed by atoms with van der Waals surface area (Å²) in [5.41, 5.74) is -2.74. The average Bonchev–Trinajstić information content (AvgIpc) is 3.23. The number of benzene rings is 2. The molecule has 1 aliphatic heterocycles. The van der Waals surface area contributed by atoms with Gasteiger partial charge in [0.1, 0.15) is 23.4 Å². The summed E-state index contributed by atoms with van der Waals surface area (Å²) in [6, 6.07) is 4.99. The summed E-state index contributed by atoms with van der Waals surface area (Å²) >= 11 is 0.977. The predicted molar refractivity (Wildman–Crippen MR) is 119 cm³/mol. The normalized spacial score (nSPS) is 15.2. The Morgan fingerprint density at radius 3 is 2.49 bits per heavy atom. The van der Waals surface area contributed by atoms with E-state index in [2.05, 4.69) is 0 Å². The molecule has 1 aromatic heterocycles. The lowest BCUT2D eigenvalue weighted by atomic mass is 9.92. The average molecular weight is 511 g/mol. The fourth-order valence-electron chi connectivity index (χ4n) is 4.22. The molecule has 0 saturated carbocycles. The van der Waals surface area contributed by atoms with Gasteiger partial charge < -0.3 is 9.84 Å². The molecule has 1 atom stereocenters. The zero-order valence-corrected chi connectivity index (χ0v) is 19.2. The minimum Gasteiger partial charge on any atom is -0.497 e. The molecule has 5 nitrogen and oxygen atoms in total. The van der Waals surface area contributed by atoms with Crippen molar-refractivity contribution in [3.05, 3.63) is 80.6 Å². The number of aliphatic carboxylic acids is 1. The lowest BCUT2D eigenvalue weighted by Crippen LogP contribution is -2.31. The zero-order chi connectivity index (χ0) is 25.7. The maximum absolute atomic E-state index is 15.0. The number of fused-ring (bicyclic) bond motifs is 1. The van der Waals surface area contributed by atoms with E-state index in [0.29, 0.717) is 0 Å². The van der Waals surface area contributed by atoms with Gasteiger partial charge in [-0.25, -0.2) is 13.6 Å². The number of pyridine rings is 1. The molecule has 0 saturated heterocycles. The van der Waals surface area contributed by atoms with Crippen molar-refractivity contribution in [3.63, 3.8) is 0 Å². The van der Waals surface area contributed by atoms with Crippen molar-refractivity contribution in [2.45, 2.75) is 30.6 Å². The minimum absolute atomic E-state index is 0.0606. The van der Waals surface area contributed by atoms with Crippen LogP contribution >= 0.6 is 11.8 Å². The number of ether oxygens (including phenoxy) is 1. The third kappa shape index (κ3) is 4.29. The maximum Gasteiger partial charge on any atom is 0.416 e. The van der Waals surface area contributed by atoms with Crippen molar-refractivity contribution >= 4 is 17.7 Å². The second-order valence-corrected chi connectivity index (χ2v) is 8.92. The van der Waals surface area contributed by atoms with E-state index in [0.717, 1.165) is 40.6 Å². The number of thioether (sulfide) groups is 1. The SMILES string of the molecule is COc1ccc(-c2c(C)c(Cc3c(F)cccc3C(F)(F)F)c3n(c2=O)C(C(=O)O)CS3)c(F)c1.